The summed E-state index contributed by atoms with van der Waals surface area (Å²) in [6.07, 6.45) is -3.10. The van der Waals surface area contributed by atoms with Crippen LogP contribution in [-0.2, 0) is 10.9 Å². The first kappa shape index (κ1) is 20.1. The number of rotatable bonds is 4. The number of nitrogens with zero attached hydrogens (tertiary/aromatic N) is 2. The van der Waals surface area contributed by atoms with E-state index in [4.69, 9.17) is 14.2 Å². The Balaban J connectivity index is 1.55. The summed E-state index contributed by atoms with van der Waals surface area (Å²) in [5.74, 6) is 0.602. The zero-order valence-electron chi connectivity index (χ0n) is 16.1. The van der Waals surface area contributed by atoms with Crippen molar-refractivity contribution in [3.8, 4) is 11.5 Å². The van der Waals surface area contributed by atoms with Gasteiger partial charge in [0.2, 0.25) is 6.79 Å². The molecule has 1 atom stereocenters. The van der Waals surface area contributed by atoms with Crippen molar-refractivity contribution in [3.63, 3.8) is 0 Å². The van der Waals surface area contributed by atoms with Crippen LogP contribution in [-0.4, -0.2) is 36.9 Å². The standard InChI is InChI=1S/C21H17F3N2O4S/c22-21(23,24)14-4-1-5-17-18(14)25-20(31-17)26(10-13-3-2-8-28-13)19(27)12-6-7-15-16(9-12)30-11-29-15/h1,4-7,9,13H,2-3,8,10-11H2/t13-/m1/s1. The van der Waals surface area contributed by atoms with Crippen LogP contribution in [0.5, 0.6) is 11.5 Å². The number of amides is 1. The fourth-order valence-electron chi connectivity index (χ4n) is 3.71. The Morgan fingerprint density at radius 2 is 2.03 bits per heavy atom. The number of aromatic nitrogens is 1. The van der Waals surface area contributed by atoms with Crippen LogP contribution in [0.1, 0.15) is 28.8 Å². The van der Waals surface area contributed by atoms with E-state index in [-0.39, 0.29) is 36.0 Å². The largest absolute Gasteiger partial charge is 0.454 e. The van der Waals surface area contributed by atoms with Gasteiger partial charge >= 0.3 is 6.18 Å². The third-order valence-corrected chi connectivity index (χ3v) is 6.26. The molecule has 1 saturated heterocycles. The highest BCUT2D eigenvalue weighted by molar-refractivity contribution is 7.22. The Labute approximate surface area is 179 Å². The number of halogens is 3. The molecule has 0 bridgehead atoms. The fraction of sp³-hybridized carbons (Fsp3) is 0.333. The van der Waals surface area contributed by atoms with E-state index in [0.29, 0.717) is 28.4 Å². The Morgan fingerprint density at radius 3 is 2.81 bits per heavy atom. The van der Waals surface area contributed by atoms with Crippen molar-refractivity contribution in [2.24, 2.45) is 0 Å². The Morgan fingerprint density at radius 1 is 1.19 bits per heavy atom. The van der Waals surface area contributed by atoms with Gasteiger partial charge in [-0.05, 0) is 43.2 Å². The van der Waals surface area contributed by atoms with Gasteiger partial charge in [-0.1, -0.05) is 17.4 Å². The van der Waals surface area contributed by atoms with Crippen LogP contribution in [0, 0.1) is 0 Å². The Kier molecular flexibility index (Phi) is 4.98. The highest BCUT2D eigenvalue weighted by atomic mass is 32.1. The van der Waals surface area contributed by atoms with Gasteiger partial charge in [-0.3, -0.25) is 9.69 Å². The van der Waals surface area contributed by atoms with E-state index >= 15 is 0 Å². The summed E-state index contributed by atoms with van der Waals surface area (Å²) < 4.78 is 57.0. The smallest absolute Gasteiger partial charge is 0.418 e. The minimum atomic E-state index is -4.54. The second-order valence-corrected chi connectivity index (χ2v) is 8.27. The lowest BCUT2D eigenvalue weighted by Crippen LogP contribution is -2.37. The number of carbonyl (C=O) groups excluding carboxylic acids is 1. The van der Waals surface area contributed by atoms with E-state index in [2.05, 4.69) is 4.98 Å². The van der Waals surface area contributed by atoms with E-state index in [1.807, 2.05) is 0 Å². The molecule has 2 aliphatic heterocycles. The van der Waals surface area contributed by atoms with Crippen molar-refractivity contribution in [2.45, 2.75) is 25.1 Å². The van der Waals surface area contributed by atoms with E-state index in [0.717, 1.165) is 30.2 Å². The summed E-state index contributed by atoms with van der Waals surface area (Å²) in [6, 6.07) is 8.72. The lowest BCUT2D eigenvalue weighted by atomic mass is 10.1. The van der Waals surface area contributed by atoms with Crippen LogP contribution in [0.3, 0.4) is 0 Å². The summed E-state index contributed by atoms with van der Waals surface area (Å²) in [4.78, 5) is 19.0. The molecular formula is C21H17F3N2O4S. The van der Waals surface area contributed by atoms with Crippen LogP contribution in [0.4, 0.5) is 18.3 Å². The molecule has 1 fully saturated rings. The molecule has 0 N–H and O–H groups in total. The van der Waals surface area contributed by atoms with Gasteiger partial charge in [0.05, 0.1) is 28.4 Å². The van der Waals surface area contributed by atoms with Crippen molar-refractivity contribution in [1.29, 1.82) is 0 Å². The first-order valence-corrected chi connectivity index (χ1v) is 10.5. The molecule has 0 spiro atoms. The number of alkyl halides is 3. The average Bonchev–Trinajstić information content (AvgIpc) is 3.49. The van der Waals surface area contributed by atoms with E-state index in [1.54, 1.807) is 24.3 Å². The van der Waals surface area contributed by atoms with Gasteiger partial charge in [-0.25, -0.2) is 4.98 Å². The van der Waals surface area contributed by atoms with Crippen molar-refractivity contribution in [2.75, 3.05) is 24.8 Å². The molecule has 3 aromatic rings. The molecular weight excluding hydrogens is 433 g/mol. The molecule has 3 heterocycles. The van der Waals surface area contributed by atoms with Crippen molar-refractivity contribution in [3.05, 3.63) is 47.5 Å². The number of fused-ring (bicyclic) bond motifs is 2. The maximum Gasteiger partial charge on any atom is 0.418 e. The number of hydrogen-bond donors (Lipinski definition) is 0. The molecule has 6 nitrogen and oxygen atoms in total. The molecule has 1 aromatic heterocycles. The molecule has 2 aliphatic rings. The van der Waals surface area contributed by atoms with E-state index < -0.39 is 11.7 Å². The number of carbonyl (C=O) groups is 1. The van der Waals surface area contributed by atoms with Crippen molar-refractivity contribution >= 4 is 32.6 Å². The average molecular weight is 450 g/mol. The summed E-state index contributed by atoms with van der Waals surface area (Å²) in [5, 5.41) is 0.199. The van der Waals surface area contributed by atoms with Gasteiger partial charge in [0.15, 0.2) is 16.6 Å². The number of hydrogen-bond acceptors (Lipinski definition) is 6. The van der Waals surface area contributed by atoms with Crippen LogP contribution in [0.15, 0.2) is 36.4 Å². The predicted molar refractivity (Wildman–Crippen MR) is 108 cm³/mol. The zero-order valence-corrected chi connectivity index (χ0v) is 17.0. The highest BCUT2D eigenvalue weighted by Crippen LogP contribution is 2.39. The van der Waals surface area contributed by atoms with Crippen LogP contribution >= 0.6 is 11.3 Å². The lowest BCUT2D eigenvalue weighted by Gasteiger charge is -2.23. The fourth-order valence-corrected chi connectivity index (χ4v) is 4.71. The third kappa shape index (κ3) is 3.81. The summed E-state index contributed by atoms with van der Waals surface area (Å²) in [5.41, 5.74) is -0.650. The molecule has 0 radical (unpaired) electrons. The number of thiazole rings is 1. The molecule has 162 valence electrons. The van der Waals surface area contributed by atoms with E-state index in [9.17, 15) is 18.0 Å². The van der Waals surface area contributed by atoms with Gasteiger partial charge in [0, 0.05) is 12.2 Å². The SMILES string of the molecule is O=C(c1ccc2c(c1)OCO2)N(C[C@H]1CCCO1)c1nc2c(C(F)(F)F)cccc2s1. The first-order valence-electron chi connectivity index (χ1n) is 9.70. The van der Waals surface area contributed by atoms with Gasteiger partial charge in [-0.15, -0.1) is 0 Å². The Bertz CT molecular complexity index is 1140. The quantitative estimate of drug-likeness (QED) is 0.568. The molecule has 31 heavy (non-hydrogen) atoms. The zero-order chi connectivity index (χ0) is 21.6. The molecule has 0 saturated carbocycles. The third-order valence-electron chi connectivity index (χ3n) is 5.22. The van der Waals surface area contributed by atoms with Crippen molar-refractivity contribution in [1.82, 2.24) is 4.98 Å². The molecule has 10 heteroatoms. The summed E-state index contributed by atoms with van der Waals surface area (Å²) in [7, 11) is 0. The lowest BCUT2D eigenvalue weighted by molar-refractivity contribution is -0.136. The molecule has 0 unspecified atom stereocenters. The first-order chi connectivity index (χ1) is 14.9. The summed E-state index contributed by atoms with van der Waals surface area (Å²) >= 11 is 1.05. The van der Waals surface area contributed by atoms with Gasteiger partial charge in [-0.2, -0.15) is 13.2 Å². The molecule has 1 amide bonds. The number of para-hydroxylation sites is 1. The molecule has 5 rings (SSSR count). The second kappa shape index (κ2) is 7.69. The van der Waals surface area contributed by atoms with Crippen LogP contribution < -0.4 is 14.4 Å². The number of ether oxygens (including phenoxy) is 3. The van der Waals surface area contributed by atoms with Crippen LogP contribution in [0.25, 0.3) is 10.2 Å². The molecule has 2 aromatic carbocycles. The minimum Gasteiger partial charge on any atom is -0.454 e. The predicted octanol–water partition coefficient (Wildman–Crippen LogP) is 4.87. The van der Waals surface area contributed by atoms with E-state index in [1.165, 1.54) is 11.0 Å². The van der Waals surface area contributed by atoms with Gasteiger partial charge in [0.1, 0.15) is 0 Å². The maximum atomic E-state index is 13.4. The number of benzene rings is 2. The molecule has 0 aliphatic carbocycles. The van der Waals surface area contributed by atoms with Crippen LogP contribution in [0.2, 0.25) is 0 Å². The van der Waals surface area contributed by atoms with Crippen molar-refractivity contribution < 1.29 is 32.2 Å². The number of anilines is 1. The monoisotopic (exact) mass is 450 g/mol. The Hall–Kier alpha value is -2.85. The minimum absolute atomic E-state index is 0.0741. The summed E-state index contributed by atoms with van der Waals surface area (Å²) in [6.45, 7) is 0.869. The second-order valence-electron chi connectivity index (χ2n) is 7.27. The van der Waals surface area contributed by atoms with Gasteiger partial charge < -0.3 is 14.2 Å². The topological polar surface area (TPSA) is 60.9 Å². The highest BCUT2D eigenvalue weighted by Gasteiger charge is 2.35. The van der Waals surface area contributed by atoms with Gasteiger partial charge in [0.25, 0.3) is 5.91 Å². The maximum absolute atomic E-state index is 13.4. The normalized spacial score (nSPS) is 18.0.